The van der Waals surface area contributed by atoms with Gasteiger partial charge in [-0.05, 0) is 48.9 Å². The topological polar surface area (TPSA) is 62.2 Å². The number of aromatic carboxylic acids is 1. The summed E-state index contributed by atoms with van der Waals surface area (Å²) in [4.78, 5) is 14.7. The van der Waals surface area contributed by atoms with Crippen LogP contribution in [0.25, 0.3) is 0 Å². The largest absolute Gasteiger partial charge is 0.478 e. The number of aromatic nitrogens is 1. The number of carbonyl (C=O) groups is 1. The van der Waals surface area contributed by atoms with Gasteiger partial charge in [-0.1, -0.05) is 0 Å². The van der Waals surface area contributed by atoms with Crippen molar-refractivity contribution < 1.29 is 9.90 Å². The summed E-state index contributed by atoms with van der Waals surface area (Å²) in [6.45, 7) is 2.04. The van der Waals surface area contributed by atoms with E-state index in [0.29, 0.717) is 0 Å². The summed E-state index contributed by atoms with van der Waals surface area (Å²) in [6, 6.07) is 10.7. The van der Waals surface area contributed by atoms with Gasteiger partial charge >= 0.3 is 5.97 Å². The SMILES string of the molecule is CC(Nc1ccc(C(=O)O)cc1)c1ccncc1. The fraction of sp³-hybridized carbons (Fsp3) is 0.143. The molecule has 2 aromatic rings. The first-order valence-corrected chi connectivity index (χ1v) is 5.66. The average molecular weight is 242 g/mol. The minimum Gasteiger partial charge on any atom is -0.478 e. The Balaban J connectivity index is 2.08. The Morgan fingerprint density at radius 3 is 2.33 bits per heavy atom. The molecule has 4 heteroatoms. The lowest BCUT2D eigenvalue weighted by atomic mass is 10.1. The normalized spacial score (nSPS) is 11.8. The molecular formula is C14H14N2O2. The van der Waals surface area contributed by atoms with Crippen molar-refractivity contribution in [1.82, 2.24) is 4.98 Å². The van der Waals surface area contributed by atoms with E-state index in [2.05, 4.69) is 10.3 Å². The van der Waals surface area contributed by atoms with Crippen LogP contribution in [0.3, 0.4) is 0 Å². The van der Waals surface area contributed by atoms with E-state index in [4.69, 9.17) is 5.11 Å². The molecule has 0 radical (unpaired) electrons. The smallest absolute Gasteiger partial charge is 0.335 e. The van der Waals surface area contributed by atoms with E-state index in [1.165, 1.54) is 0 Å². The maximum atomic E-state index is 10.7. The van der Waals surface area contributed by atoms with Gasteiger partial charge in [0.15, 0.2) is 0 Å². The molecule has 0 saturated carbocycles. The summed E-state index contributed by atoms with van der Waals surface area (Å²) < 4.78 is 0. The molecular weight excluding hydrogens is 228 g/mol. The molecule has 1 aromatic heterocycles. The molecule has 2 rings (SSSR count). The van der Waals surface area contributed by atoms with Gasteiger partial charge < -0.3 is 10.4 Å². The molecule has 1 unspecified atom stereocenters. The second-order valence-corrected chi connectivity index (χ2v) is 4.03. The number of hydrogen-bond acceptors (Lipinski definition) is 3. The molecule has 0 amide bonds. The third-order valence-electron chi connectivity index (χ3n) is 2.72. The van der Waals surface area contributed by atoms with Crippen molar-refractivity contribution in [1.29, 1.82) is 0 Å². The van der Waals surface area contributed by atoms with Crippen molar-refractivity contribution >= 4 is 11.7 Å². The molecule has 1 heterocycles. The number of carboxylic acid groups (broad SMARTS) is 1. The molecule has 0 bridgehead atoms. The Morgan fingerprint density at radius 1 is 1.17 bits per heavy atom. The molecule has 0 aliphatic carbocycles. The lowest BCUT2D eigenvalue weighted by molar-refractivity contribution is 0.0697. The number of anilines is 1. The van der Waals surface area contributed by atoms with Crippen LogP contribution in [0.4, 0.5) is 5.69 Å². The van der Waals surface area contributed by atoms with Gasteiger partial charge in [-0.15, -0.1) is 0 Å². The quantitative estimate of drug-likeness (QED) is 0.865. The van der Waals surface area contributed by atoms with Crippen molar-refractivity contribution in [2.75, 3.05) is 5.32 Å². The zero-order valence-electron chi connectivity index (χ0n) is 10.00. The van der Waals surface area contributed by atoms with Gasteiger partial charge in [-0.2, -0.15) is 0 Å². The third kappa shape index (κ3) is 2.85. The molecule has 0 aliphatic heterocycles. The lowest BCUT2D eigenvalue weighted by Crippen LogP contribution is -2.06. The highest BCUT2D eigenvalue weighted by atomic mass is 16.4. The van der Waals surface area contributed by atoms with Crippen LogP contribution in [0.2, 0.25) is 0 Å². The predicted molar refractivity (Wildman–Crippen MR) is 69.7 cm³/mol. The van der Waals surface area contributed by atoms with E-state index in [1.807, 2.05) is 19.1 Å². The van der Waals surface area contributed by atoms with Gasteiger partial charge in [0.25, 0.3) is 0 Å². The Morgan fingerprint density at radius 2 is 1.78 bits per heavy atom. The number of pyridine rings is 1. The van der Waals surface area contributed by atoms with Crippen LogP contribution in [0.15, 0.2) is 48.8 Å². The zero-order valence-corrected chi connectivity index (χ0v) is 10.00. The highest BCUT2D eigenvalue weighted by Gasteiger charge is 2.06. The molecule has 0 aliphatic rings. The van der Waals surface area contributed by atoms with E-state index in [1.54, 1.807) is 36.7 Å². The molecule has 0 fully saturated rings. The monoisotopic (exact) mass is 242 g/mol. The first kappa shape index (κ1) is 12.1. The molecule has 1 aromatic carbocycles. The summed E-state index contributed by atoms with van der Waals surface area (Å²) >= 11 is 0. The highest BCUT2D eigenvalue weighted by Crippen LogP contribution is 2.18. The maximum absolute atomic E-state index is 10.7. The van der Waals surface area contributed by atoms with Crippen molar-refractivity contribution in [3.63, 3.8) is 0 Å². The van der Waals surface area contributed by atoms with Crippen LogP contribution in [0.1, 0.15) is 28.9 Å². The zero-order chi connectivity index (χ0) is 13.0. The van der Waals surface area contributed by atoms with Gasteiger partial charge in [0.2, 0.25) is 0 Å². The molecule has 1 atom stereocenters. The minimum atomic E-state index is -0.913. The Kier molecular flexibility index (Phi) is 3.57. The standard InChI is InChI=1S/C14H14N2O2/c1-10(11-6-8-15-9-7-11)16-13-4-2-12(3-5-13)14(17)18/h2-10,16H,1H3,(H,17,18). The Bertz CT molecular complexity index is 523. The number of benzene rings is 1. The second-order valence-electron chi connectivity index (χ2n) is 4.03. The van der Waals surface area contributed by atoms with E-state index < -0.39 is 5.97 Å². The van der Waals surface area contributed by atoms with Gasteiger partial charge in [0, 0.05) is 24.1 Å². The second kappa shape index (κ2) is 5.31. The van der Waals surface area contributed by atoms with E-state index in [9.17, 15) is 4.79 Å². The van der Waals surface area contributed by atoms with Gasteiger partial charge in [0.1, 0.15) is 0 Å². The number of nitrogens with one attached hydrogen (secondary N) is 1. The van der Waals surface area contributed by atoms with Crippen molar-refractivity contribution in [3.05, 3.63) is 59.9 Å². The van der Waals surface area contributed by atoms with E-state index in [0.717, 1.165) is 11.3 Å². The number of hydrogen-bond donors (Lipinski definition) is 2. The number of carboxylic acids is 1. The first-order chi connectivity index (χ1) is 8.66. The summed E-state index contributed by atoms with van der Waals surface area (Å²) in [5.41, 5.74) is 2.31. The van der Waals surface area contributed by atoms with Crippen LogP contribution < -0.4 is 5.32 Å². The molecule has 4 nitrogen and oxygen atoms in total. The Labute approximate surface area is 105 Å². The van der Waals surface area contributed by atoms with Crippen molar-refractivity contribution in [2.24, 2.45) is 0 Å². The fourth-order valence-electron chi connectivity index (χ4n) is 1.69. The number of nitrogens with zero attached hydrogens (tertiary/aromatic N) is 1. The van der Waals surface area contributed by atoms with Gasteiger partial charge in [-0.3, -0.25) is 4.98 Å². The van der Waals surface area contributed by atoms with Crippen LogP contribution in [-0.2, 0) is 0 Å². The van der Waals surface area contributed by atoms with Crippen molar-refractivity contribution in [3.8, 4) is 0 Å². The fourth-order valence-corrected chi connectivity index (χ4v) is 1.69. The molecule has 2 N–H and O–H groups in total. The average Bonchev–Trinajstić information content (AvgIpc) is 2.40. The Hall–Kier alpha value is -2.36. The lowest BCUT2D eigenvalue weighted by Gasteiger charge is -2.15. The van der Waals surface area contributed by atoms with Crippen LogP contribution in [0.5, 0.6) is 0 Å². The third-order valence-corrected chi connectivity index (χ3v) is 2.72. The minimum absolute atomic E-state index is 0.142. The van der Waals surface area contributed by atoms with Crippen LogP contribution in [-0.4, -0.2) is 16.1 Å². The van der Waals surface area contributed by atoms with Gasteiger partial charge in [0.05, 0.1) is 5.56 Å². The predicted octanol–water partition coefficient (Wildman–Crippen LogP) is 2.95. The van der Waals surface area contributed by atoms with E-state index >= 15 is 0 Å². The molecule has 0 saturated heterocycles. The summed E-state index contributed by atoms with van der Waals surface area (Å²) in [6.07, 6.45) is 3.50. The van der Waals surface area contributed by atoms with E-state index in [-0.39, 0.29) is 11.6 Å². The summed E-state index contributed by atoms with van der Waals surface area (Å²) in [5.74, 6) is -0.913. The first-order valence-electron chi connectivity index (χ1n) is 5.66. The maximum Gasteiger partial charge on any atom is 0.335 e. The van der Waals surface area contributed by atoms with Crippen LogP contribution in [0, 0.1) is 0 Å². The molecule has 92 valence electrons. The summed E-state index contributed by atoms with van der Waals surface area (Å²) in [5, 5.41) is 12.1. The van der Waals surface area contributed by atoms with Gasteiger partial charge in [-0.25, -0.2) is 4.79 Å². The molecule has 18 heavy (non-hydrogen) atoms. The van der Waals surface area contributed by atoms with Crippen molar-refractivity contribution in [2.45, 2.75) is 13.0 Å². The molecule has 0 spiro atoms. The summed E-state index contributed by atoms with van der Waals surface area (Å²) in [7, 11) is 0. The number of rotatable bonds is 4. The highest BCUT2D eigenvalue weighted by molar-refractivity contribution is 5.88. The van der Waals surface area contributed by atoms with Crippen LogP contribution >= 0.6 is 0 Å².